The molecule has 10 nitrogen and oxygen atoms in total. The van der Waals surface area contributed by atoms with Crippen LogP contribution in [-0.2, 0) is 28.7 Å². The highest BCUT2D eigenvalue weighted by Gasteiger charge is 2.76. The largest absolute Gasteiger partial charge is 0.463 e. The maximum atomic E-state index is 14.7. The number of rotatable bonds is 16. The summed E-state index contributed by atoms with van der Waals surface area (Å²) in [5.41, 5.74) is -0.0982. The maximum absolute atomic E-state index is 14.7. The Balaban J connectivity index is 1.48. The van der Waals surface area contributed by atoms with E-state index < -0.39 is 53.4 Å². The van der Waals surface area contributed by atoms with E-state index in [2.05, 4.69) is 34.4 Å². The van der Waals surface area contributed by atoms with E-state index in [1.54, 1.807) is 36.4 Å². The number of amides is 3. The summed E-state index contributed by atoms with van der Waals surface area (Å²) < 4.78 is 12.2. The number of fused-ring (bicyclic) bond motifs is 1. The molecule has 48 heavy (non-hydrogen) atoms. The van der Waals surface area contributed by atoms with Gasteiger partial charge in [0.15, 0.2) is 0 Å². The molecule has 5 rings (SSSR count). The van der Waals surface area contributed by atoms with Gasteiger partial charge in [0, 0.05) is 30.9 Å². The molecule has 0 aromatic heterocycles. The Kier molecular flexibility index (Phi) is 11.8. The van der Waals surface area contributed by atoms with Gasteiger partial charge in [-0.05, 0) is 43.4 Å². The van der Waals surface area contributed by atoms with Gasteiger partial charge in [0.1, 0.15) is 18.2 Å². The number of esters is 1. The van der Waals surface area contributed by atoms with E-state index in [-0.39, 0.29) is 43.5 Å². The van der Waals surface area contributed by atoms with E-state index >= 15 is 0 Å². The molecule has 3 amide bonds. The van der Waals surface area contributed by atoms with Crippen LogP contribution in [0.5, 0.6) is 0 Å². The topological polar surface area (TPSA) is 125 Å². The molecule has 1 unspecified atom stereocenters. The van der Waals surface area contributed by atoms with Crippen LogP contribution in [-0.4, -0.2) is 82.6 Å². The molecule has 0 radical (unpaired) electrons. The number of benzene rings is 2. The molecule has 3 saturated heterocycles. The van der Waals surface area contributed by atoms with E-state index in [9.17, 15) is 24.3 Å². The second-order valence-corrected chi connectivity index (χ2v) is 13.9. The van der Waals surface area contributed by atoms with Crippen molar-refractivity contribution in [3.63, 3.8) is 0 Å². The van der Waals surface area contributed by atoms with Crippen molar-refractivity contribution in [2.75, 3.05) is 31.2 Å². The number of carbonyl (C=O) groups excluding carboxylic acids is 4. The number of likely N-dealkylation sites (tertiary alicyclic amines) is 1. The molecule has 1 spiro atoms. The highest BCUT2D eigenvalue weighted by atomic mass is 79.9. The normalized spacial score (nSPS) is 26.1. The van der Waals surface area contributed by atoms with Crippen molar-refractivity contribution in [3.8, 4) is 0 Å². The Labute approximate surface area is 294 Å². The maximum Gasteiger partial charge on any atom is 0.306 e. The summed E-state index contributed by atoms with van der Waals surface area (Å²) in [5.74, 6) is -3.46. The third-order valence-corrected chi connectivity index (χ3v) is 10.5. The molecule has 2 N–H and O–H groups in total. The fourth-order valence-corrected chi connectivity index (χ4v) is 8.42. The summed E-state index contributed by atoms with van der Waals surface area (Å²) in [4.78, 5) is 58.5. The zero-order valence-electron chi connectivity index (χ0n) is 26.6. The summed E-state index contributed by atoms with van der Waals surface area (Å²) in [6.07, 6.45) is 4.39. The average molecular weight is 743 g/mol. The molecule has 2 aromatic carbocycles. The molecule has 7 atom stereocenters. The van der Waals surface area contributed by atoms with Crippen molar-refractivity contribution in [3.05, 3.63) is 90.5 Å². The number of anilines is 1. The number of hydrogen-bond donors (Lipinski definition) is 2. The van der Waals surface area contributed by atoms with E-state index in [0.717, 1.165) is 5.56 Å². The summed E-state index contributed by atoms with van der Waals surface area (Å²) in [6, 6.07) is 14.4. The fraction of sp³-hybridized carbons (Fsp3) is 0.444. The number of aliphatic hydroxyl groups is 1. The lowest BCUT2D eigenvalue weighted by molar-refractivity contribution is -0.145. The number of aliphatic hydroxyl groups excluding tert-OH is 1. The lowest BCUT2D eigenvalue weighted by atomic mass is 9.70. The van der Waals surface area contributed by atoms with Gasteiger partial charge in [-0.2, -0.15) is 0 Å². The first kappa shape index (κ1) is 35.8. The third kappa shape index (κ3) is 6.96. The summed E-state index contributed by atoms with van der Waals surface area (Å²) in [5, 5.41) is 12.9. The predicted molar refractivity (Wildman–Crippen MR) is 185 cm³/mol. The van der Waals surface area contributed by atoms with E-state index in [1.165, 1.54) is 9.80 Å². The van der Waals surface area contributed by atoms with Gasteiger partial charge in [0.2, 0.25) is 11.8 Å². The lowest BCUT2D eigenvalue weighted by Gasteiger charge is -2.37. The number of alkyl halides is 1. The van der Waals surface area contributed by atoms with Crippen LogP contribution in [0.3, 0.4) is 0 Å². The second kappa shape index (κ2) is 15.8. The molecular formula is C36H41BrClN3O7. The number of halogens is 2. The second-order valence-electron chi connectivity index (χ2n) is 12.3. The summed E-state index contributed by atoms with van der Waals surface area (Å²) >= 11 is 10.3. The first-order valence-corrected chi connectivity index (χ1v) is 17.5. The average Bonchev–Trinajstić information content (AvgIpc) is 3.68. The van der Waals surface area contributed by atoms with Crippen LogP contribution in [0.15, 0.2) is 79.9 Å². The zero-order chi connectivity index (χ0) is 34.4. The molecule has 0 aliphatic carbocycles. The Morgan fingerprint density at radius 3 is 2.56 bits per heavy atom. The minimum atomic E-state index is -1.30. The summed E-state index contributed by atoms with van der Waals surface area (Å²) in [6.45, 7) is 7.64. The quantitative estimate of drug-likeness (QED) is 0.110. The number of allylic oxidation sites excluding steroid dienone is 1. The number of nitrogens with zero attached hydrogens (tertiary/aromatic N) is 2. The van der Waals surface area contributed by atoms with Gasteiger partial charge in [-0.25, -0.2) is 0 Å². The van der Waals surface area contributed by atoms with Crippen molar-refractivity contribution in [1.29, 1.82) is 0 Å². The van der Waals surface area contributed by atoms with Gasteiger partial charge in [-0.15, -0.1) is 13.2 Å². The van der Waals surface area contributed by atoms with Crippen LogP contribution >= 0.6 is 27.5 Å². The van der Waals surface area contributed by atoms with Crippen LogP contribution in [0.4, 0.5) is 5.69 Å². The number of unbranched alkanes of at least 4 members (excludes halogenated alkanes) is 1. The van der Waals surface area contributed by atoms with Gasteiger partial charge in [-0.3, -0.25) is 19.2 Å². The minimum absolute atomic E-state index is 0.0659. The number of para-hydroxylation sites is 1. The van der Waals surface area contributed by atoms with Gasteiger partial charge < -0.3 is 29.7 Å². The first-order chi connectivity index (χ1) is 23.2. The zero-order valence-corrected chi connectivity index (χ0v) is 29.0. The standard InChI is InChI=1S/C36H41BrClN3O7/c1-3-5-17-28(43)47-22-26(23-13-7-6-8-14-23)39-33(44)29-30-34(45)41(19-11-12-20-42)32(36(30)21-24(37)31(29)48-36)35(46)40(18-4-2)27-16-10-9-15-25(27)38/h3-4,6-10,13-16,24,26,29-32,42H,1-2,5,11-12,17-22H2,(H,39,44)/t24?,26-,29-,30+,31-,32-,36+/m0/s1. The Morgan fingerprint density at radius 1 is 1.15 bits per heavy atom. The van der Waals surface area contributed by atoms with Crippen molar-refractivity contribution in [1.82, 2.24) is 10.2 Å². The number of hydrogen-bond acceptors (Lipinski definition) is 7. The minimum Gasteiger partial charge on any atom is -0.463 e. The van der Waals surface area contributed by atoms with Crippen molar-refractivity contribution < 1.29 is 33.8 Å². The Hall–Kier alpha value is -3.51. The van der Waals surface area contributed by atoms with Gasteiger partial charge in [0.25, 0.3) is 5.91 Å². The van der Waals surface area contributed by atoms with Crippen molar-refractivity contribution >= 4 is 56.9 Å². The Bertz CT molecular complexity index is 1530. The molecule has 3 aliphatic rings. The van der Waals surface area contributed by atoms with E-state index in [4.69, 9.17) is 21.1 Å². The molecule has 256 valence electrons. The fourth-order valence-electron chi connectivity index (χ4n) is 7.24. The predicted octanol–water partition coefficient (Wildman–Crippen LogP) is 4.75. The smallest absolute Gasteiger partial charge is 0.306 e. The van der Waals surface area contributed by atoms with Crippen LogP contribution in [0.1, 0.15) is 43.7 Å². The van der Waals surface area contributed by atoms with Crippen LogP contribution < -0.4 is 10.2 Å². The van der Waals surface area contributed by atoms with E-state index in [1.807, 2.05) is 30.3 Å². The van der Waals surface area contributed by atoms with Crippen molar-refractivity contribution in [2.24, 2.45) is 11.8 Å². The molecule has 2 bridgehead atoms. The number of ether oxygens (including phenoxy) is 2. The molecule has 3 aliphatic heterocycles. The third-order valence-electron chi connectivity index (χ3n) is 9.34. The van der Waals surface area contributed by atoms with Crippen LogP contribution in [0.25, 0.3) is 0 Å². The molecule has 12 heteroatoms. The van der Waals surface area contributed by atoms with Gasteiger partial charge >= 0.3 is 5.97 Å². The van der Waals surface area contributed by atoms with Gasteiger partial charge in [-0.1, -0.05) is 82.1 Å². The number of carbonyl (C=O) groups is 4. The van der Waals surface area contributed by atoms with Crippen LogP contribution in [0.2, 0.25) is 5.02 Å². The first-order valence-electron chi connectivity index (χ1n) is 16.2. The molecule has 3 heterocycles. The monoisotopic (exact) mass is 741 g/mol. The highest BCUT2D eigenvalue weighted by molar-refractivity contribution is 9.09. The van der Waals surface area contributed by atoms with Crippen molar-refractivity contribution in [2.45, 2.75) is 60.7 Å². The lowest BCUT2D eigenvalue weighted by Crippen LogP contribution is -2.57. The molecular weight excluding hydrogens is 702 g/mol. The molecule has 2 aromatic rings. The SMILES string of the molecule is C=CCCC(=O)OC[C@H](NC(=O)[C@@H]1[C@H]2O[C@@]3(CC2Br)[C@H](C(=O)N(CC=C)c2ccccc2Cl)N(CCCCO)C(=O)[C@@H]13)c1ccccc1. The van der Waals surface area contributed by atoms with E-state index in [0.29, 0.717) is 36.4 Å². The molecule has 0 saturated carbocycles. The highest BCUT2D eigenvalue weighted by Crippen LogP contribution is 2.60. The molecule has 3 fully saturated rings. The Morgan fingerprint density at radius 2 is 1.88 bits per heavy atom. The summed E-state index contributed by atoms with van der Waals surface area (Å²) in [7, 11) is 0. The number of nitrogens with one attached hydrogen (secondary N) is 1. The van der Waals surface area contributed by atoms with Gasteiger partial charge in [0.05, 0.1) is 34.7 Å². The van der Waals surface area contributed by atoms with Crippen LogP contribution in [0, 0.1) is 11.8 Å².